The average Bonchev–Trinajstić information content (AvgIpc) is 2.80. The predicted molar refractivity (Wildman–Crippen MR) is 122 cm³/mol. The maximum atomic E-state index is 12.9. The molecule has 2 aromatic heterocycles. The number of carbonyl (C=O) groups excluding carboxylic acids is 2. The van der Waals surface area contributed by atoms with Gasteiger partial charge in [0, 0.05) is 17.0 Å². The van der Waals surface area contributed by atoms with Crippen molar-refractivity contribution in [1.29, 1.82) is 0 Å². The molecule has 1 saturated heterocycles. The number of anilines is 1. The third kappa shape index (κ3) is 5.37. The summed E-state index contributed by atoms with van der Waals surface area (Å²) in [5, 5.41) is 3.44. The van der Waals surface area contributed by atoms with Crippen molar-refractivity contribution in [2.45, 2.75) is 22.8 Å². The number of aromatic nitrogens is 2. The summed E-state index contributed by atoms with van der Waals surface area (Å²) in [4.78, 5) is 37.8. The Balaban J connectivity index is 1.48. The molecule has 1 fully saturated rings. The summed E-state index contributed by atoms with van der Waals surface area (Å²) in [6.45, 7) is 1.82. The monoisotopic (exact) mass is 432 g/mol. The number of hydrogen-bond donors (Lipinski definition) is 1. The number of rotatable bonds is 6. The van der Waals surface area contributed by atoms with Crippen molar-refractivity contribution in [2.24, 2.45) is 5.92 Å². The van der Waals surface area contributed by atoms with Crippen LogP contribution in [0.15, 0.2) is 76.8 Å². The second kappa shape index (κ2) is 9.85. The van der Waals surface area contributed by atoms with Crippen molar-refractivity contribution >= 4 is 29.3 Å². The summed E-state index contributed by atoms with van der Waals surface area (Å²) in [6.07, 6.45) is 3.34. The number of nitrogens with zero attached hydrogens (tertiary/aromatic N) is 3. The first-order valence-corrected chi connectivity index (χ1v) is 11.1. The van der Waals surface area contributed by atoms with Gasteiger partial charge >= 0.3 is 0 Å². The molecule has 0 radical (unpaired) electrons. The van der Waals surface area contributed by atoms with E-state index in [-0.39, 0.29) is 17.6 Å². The number of benzene rings is 1. The highest BCUT2D eigenvalue weighted by atomic mass is 32.2. The largest absolute Gasteiger partial charge is 0.306 e. The number of carbonyl (C=O) groups is 2. The number of piperidine rings is 1. The molecule has 1 aliphatic heterocycles. The Morgan fingerprint density at radius 2 is 1.77 bits per heavy atom. The van der Waals surface area contributed by atoms with Gasteiger partial charge in [-0.2, -0.15) is 0 Å². The summed E-state index contributed by atoms with van der Waals surface area (Å²) in [7, 11) is 2.07. The molecule has 4 rings (SSSR count). The minimum Gasteiger partial charge on any atom is -0.306 e. The number of pyridine rings is 2. The van der Waals surface area contributed by atoms with Crippen LogP contribution in [-0.2, 0) is 0 Å². The molecule has 3 aromatic rings. The lowest BCUT2D eigenvalue weighted by molar-refractivity contribution is 0.0851. The molecule has 0 unspecified atom stereocenters. The van der Waals surface area contributed by atoms with Gasteiger partial charge in [-0.05, 0) is 69.4 Å². The van der Waals surface area contributed by atoms with Crippen molar-refractivity contribution in [3.63, 3.8) is 0 Å². The number of likely N-dealkylation sites (tertiary alicyclic amines) is 1. The number of nitrogens with one attached hydrogen (secondary N) is 1. The highest BCUT2D eigenvalue weighted by Gasteiger charge is 2.25. The quantitative estimate of drug-likeness (QED) is 0.582. The number of amides is 1. The lowest BCUT2D eigenvalue weighted by Gasteiger charge is -2.27. The van der Waals surface area contributed by atoms with E-state index in [0.717, 1.165) is 30.8 Å². The minimum atomic E-state index is -0.303. The molecule has 0 atom stereocenters. The van der Waals surface area contributed by atoms with Crippen molar-refractivity contribution in [3.8, 4) is 0 Å². The first-order chi connectivity index (χ1) is 15.1. The maximum absolute atomic E-state index is 12.9. The summed E-state index contributed by atoms with van der Waals surface area (Å²) < 4.78 is 0. The van der Waals surface area contributed by atoms with Crippen LogP contribution in [0.5, 0.6) is 0 Å². The molecule has 0 bridgehead atoms. The molecule has 0 aliphatic carbocycles. The highest BCUT2D eigenvalue weighted by molar-refractivity contribution is 7.99. The molecule has 7 heteroatoms. The van der Waals surface area contributed by atoms with Crippen molar-refractivity contribution in [3.05, 3.63) is 78.1 Å². The Bertz CT molecular complexity index is 1070. The second-order valence-corrected chi connectivity index (χ2v) is 8.64. The SMILES string of the molecule is CN1CCC(C(=O)c2cccc(NC(=O)c3cccnc3Sc3ccccc3)n2)CC1. The van der Waals surface area contributed by atoms with Gasteiger partial charge in [-0.15, -0.1) is 0 Å². The first kappa shape index (κ1) is 21.2. The fourth-order valence-corrected chi connectivity index (χ4v) is 4.45. The van der Waals surface area contributed by atoms with Gasteiger partial charge in [0.2, 0.25) is 0 Å². The van der Waals surface area contributed by atoms with Gasteiger partial charge in [-0.25, -0.2) is 9.97 Å². The Morgan fingerprint density at radius 1 is 1.00 bits per heavy atom. The van der Waals surface area contributed by atoms with Gasteiger partial charge in [0.05, 0.1) is 5.56 Å². The molecule has 0 spiro atoms. The molecule has 1 amide bonds. The Labute approximate surface area is 186 Å². The standard InChI is InChI=1S/C24H24N4O2S/c1-28-15-12-17(13-16-28)22(29)20-10-5-11-21(26-20)27-23(30)19-9-6-14-25-24(19)31-18-7-3-2-4-8-18/h2-11,14,17H,12-13,15-16H2,1H3,(H,26,27,30). The minimum absolute atomic E-state index is 0.0122. The van der Waals surface area contributed by atoms with E-state index < -0.39 is 0 Å². The van der Waals surface area contributed by atoms with E-state index >= 15 is 0 Å². The molecule has 1 aromatic carbocycles. The smallest absolute Gasteiger partial charge is 0.259 e. The Hall–Kier alpha value is -3.03. The van der Waals surface area contributed by atoms with Crippen molar-refractivity contribution in [1.82, 2.24) is 14.9 Å². The fourth-order valence-electron chi connectivity index (χ4n) is 3.55. The summed E-state index contributed by atoms with van der Waals surface area (Å²) >= 11 is 1.43. The van der Waals surface area contributed by atoms with Gasteiger partial charge in [0.15, 0.2) is 5.78 Å². The van der Waals surface area contributed by atoms with E-state index in [1.165, 1.54) is 11.8 Å². The lowest BCUT2D eigenvalue weighted by atomic mass is 9.91. The molecular formula is C24H24N4O2S. The third-order valence-electron chi connectivity index (χ3n) is 5.31. The molecule has 31 heavy (non-hydrogen) atoms. The molecule has 3 heterocycles. The zero-order valence-corrected chi connectivity index (χ0v) is 18.1. The normalized spacial score (nSPS) is 14.9. The first-order valence-electron chi connectivity index (χ1n) is 10.3. The van der Waals surface area contributed by atoms with Crippen LogP contribution in [0.25, 0.3) is 0 Å². The van der Waals surface area contributed by atoms with Crippen LogP contribution in [0.1, 0.15) is 33.7 Å². The summed E-state index contributed by atoms with van der Waals surface area (Å²) in [5.74, 6) is 0.0963. The van der Waals surface area contributed by atoms with E-state index in [1.807, 2.05) is 30.3 Å². The maximum Gasteiger partial charge on any atom is 0.259 e. The zero-order valence-electron chi connectivity index (χ0n) is 17.3. The van der Waals surface area contributed by atoms with Gasteiger partial charge in [0.25, 0.3) is 5.91 Å². The Kier molecular flexibility index (Phi) is 6.74. The molecular weight excluding hydrogens is 408 g/mol. The van der Waals surface area contributed by atoms with Crippen molar-refractivity contribution in [2.75, 3.05) is 25.5 Å². The molecule has 1 aliphatic rings. The van der Waals surface area contributed by atoms with Crippen LogP contribution >= 0.6 is 11.8 Å². The van der Waals surface area contributed by atoms with Gasteiger partial charge in [-0.1, -0.05) is 36.0 Å². The molecule has 1 N–H and O–H groups in total. The number of hydrogen-bond acceptors (Lipinski definition) is 6. The van der Waals surface area contributed by atoms with E-state index in [4.69, 9.17) is 0 Å². The molecule has 0 saturated carbocycles. The van der Waals surface area contributed by atoms with E-state index in [2.05, 4.69) is 27.2 Å². The highest BCUT2D eigenvalue weighted by Crippen LogP contribution is 2.29. The van der Waals surface area contributed by atoms with Crippen LogP contribution in [-0.4, -0.2) is 46.7 Å². The van der Waals surface area contributed by atoms with E-state index in [9.17, 15) is 9.59 Å². The topological polar surface area (TPSA) is 75.2 Å². The van der Waals surface area contributed by atoms with Gasteiger partial charge in [-0.3, -0.25) is 9.59 Å². The van der Waals surface area contributed by atoms with Gasteiger partial charge in [0.1, 0.15) is 16.5 Å². The summed E-state index contributed by atoms with van der Waals surface area (Å²) in [5.41, 5.74) is 0.864. The predicted octanol–water partition coefficient (Wildman–Crippen LogP) is 4.40. The van der Waals surface area contributed by atoms with Crippen LogP contribution in [0, 0.1) is 5.92 Å². The van der Waals surface area contributed by atoms with E-state index in [1.54, 1.807) is 36.5 Å². The number of ketones is 1. The zero-order chi connectivity index (χ0) is 21.6. The van der Waals surface area contributed by atoms with Crippen LogP contribution in [0.4, 0.5) is 5.82 Å². The third-order valence-corrected chi connectivity index (χ3v) is 6.33. The van der Waals surface area contributed by atoms with Crippen molar-refractivity contribution < 1.29 is 9.59 Å². The molecule has 6 nitrogen and oxygen atoms in total. The van der Waals surface area contributed by atoms with Crippen LogP contribution < -0.4 is 5.32 Å². The fraction of sp³-hybridized carbons (Fsp3) is 0.250. The van der Waals surface area contributed by atoms with Crippen LogP contribution in [0.3, 0.4) is 0 Å². The second-order valence-electron chi connectivity index (χ2n) is 7.58. The van der Waals surface area contributed by atoms with Crippen LogP contribution in [0.2, 0.25) is 0 Å². The lowest BCUT2D eigenvalue weighted by Crippen LogP contribution is -2.33. The van der Waals surface area contributed by atoms with Gasteiger partial charge < -0.3 is 10.2 Å². The Morgan fingerprint density at radius 3 is 2.55 bits per heavy atom. The summed E-state index contributed by atoms with van der Waals surface area (Å²) in [6, 6.07) is 18.4. The van der Waals surface area contributed by atoms with E-state index in [0.29, 0.717) is 22.1 Å². The molecule has 158 valence electrons. The number of Topliss-reactive ketones (excluding diaryl/α,β-unsaturated/α-hetero) is 1. The average molecular weight is 433 g/mol.